The smallest absolute Gasteiger partial charge is 0.214 e. The molecule has 1 aromatic carbocycles. The van der Waals surface area contributed by atoms with E-state index < -0.39 is 20.0 Å². The van der Waals surface area contributed by atoms with Crippen LogP contribution in [0.1, 0.15) is 50.5 Å². The number of hydrogen-bond donors (Lipinski definition) is 1. The van der Waals surface area contributed by atoms with Gasteiger partial charge in [-0.1, -0.05) is 19.3 Å². The third-order valence-electron chi connectivity index (χ3n) is 5.88. The first kappa shape index (κ1) is 19.8. The summed E-state index contributed by atoms with van der Waals surface area (Å²) in [6.07, 6.45) is 7.83. The Morgan fingerprint density at radius 3 is 2.27 bits per heavy atom. The molecule has 26 heavy (non-hydrogen) atoms. The average Bonchev–Trinajstić information content (AvgIpc) is 2.62. The summed E-state index contributed by atoms with van der Waals surface area (Å²) in [5, 5.41) is 0. The highest BCUT2D eigenvalue weighted by molar-refractivity contribution is 7.89. The van der Waals surface area contributed by atoms with Crippen LogP contribution in [0.5, 0.6) is 0 Å². The molecule has 1 saturated heterocycles. The Kier molecular flexibility index (Phi) is 5.50. The summed E-state index contributed by atoms with van der Waals surface area (Å²) in [5.41, 5.74) is 0.568. The van der Waals surface area contributed by atoms with Crippen molar-refractivity contribution in [3.05, 3.63) is 23.8 Å². The predicted molar refractivity (Wildman–Crippen MR) is 101 cm³/mol. The van der Waals surface area contributed by atoms with E-state index in [2.05, 4.69) is 4.72 Å². The zero-order valence-electron chi connectivity index (χ0n) is 15.5. The SMILES string of the molecule is CNS(=O)(=O)c1ccc(S(=O)(=O)N2CCCC3(CCCCC3)C2)cc1C. The maximum absolute atomic E-state index is 13.2. The normalized spacial score (nSPS) is 21.8. The van der Waals surface area contributed by atoms with E-state index in [9.17, 15) is 16.8 Å². The molecular formula is C18H28N2O4S2. The molecule has 2 fully saturated rings. The minimum Gasteiger partial charge on any atom is -0.214 e. The molecule has 1 aliphatic heterocycles. The van der Waals surface area contributed by atoms with E-state index in [-0.39, 0.29) is 15.2 Å². The van der Waals surface area contributed by atoms with Crippen molar-refractivity contribution in [2.24, 2.45) is 5.41 Å². The fourth-order valence-electron chi connectivity index (χ4n) is 4.42. The van der Waals surface area contributed by atoms with E-state index in [1.807, 2.05) is 0 Å². The average molecular weight is 401 g/mol. The van der Waals surface area contributed by atoms with Crippen molar-refractivity contribution in [2.45, 2.75) is 61.7 Å². The van der Waals surface area contributed by atoms with Crippen molar-refractivity contribution in [3.63, 3.8) is 0 Å². The Hall–Kier alpha value is -0.960. The fraction of sp³-hybridized carbons (Fsp3) is 0.667. The molecule has 2 aliphatic rings. The van der Waals surface area contributed by atoms with Crippen molar-refractivity contribution in [1.29, 1.82) is 0 Å². The third kappa shape index (κ3) is 3.69. The number of benzene rings is 1. The van der Waals surface area contributed by atoms with Gasteiger partial charge in [0.1, 0.15) is 0 Å². The molecule has 146 valence electrons. The summed E-state index contributed by atoms with van der Waals surface area (Å²) < 4.78 is 54.2. The number of rotatable bonds is 4. The Balaban J connectivity index is 1.89. The van der Waals surface area contributed by atoms with Gasteiger partial charge < -0.3 is 0 Å². The number of piperidine rings is 1. The van der Waals surface area contributed by atoms with Crippen molar-refractivity contribution in [2.75, 3.05) is 20.1 Å². The fourth-order valence-corrected chi connectivity index (χ4v) is 7.05. The van der Waals surface area contributed by atoms with Gasteiger partial charge in [-0.2, -0.15) is 4.31 Å². The van der Waals surface area contributed by atoms with E-state index in [0.29, 0.717) is 18.7 Å². The number of nitrogens with one attached hydrogen (secondary N) is 1. The molecule has 0 amide bonds. The van der Waals surface area contributed by atoms with Crippen LogP contribution < -0.4 is 4.72 Å². The lowest BCUT2D eigenvalue weighted by Gasteiger charge is -2.44. The summed E-state index contributed by atoms with van der Waals surface area (Å²) in [5.74, 6) is 0. The highest BCUT2D eigenvalue weighted by Crippen LogP contribution is 2.44. The molecule has 0 atom stereocenters. The lowest BCUT2D eigenvalue weighted by molar-refractivity contribution is 0.0965. The van der Waals surface area contributed by atoms with E-state index >= 15 is 0 Å². The van der Waals surface area contributed by atoms with Crippen molar-refractivity contribution < 1.29 is 16.8 Å². The van der Waals surface area contributed by atoms with Crippen LogP contribution in [0.3, 0.4) is 0 Å². The number of aryl methyl sites for hydroxylation is 1. The van der Waals surface area contributed by atoms with Crippen LogP contribution in [0.15, 0.2) is 28.0 Å². The molecule has 1 aliphatic carbocycles. The van der Waals surface area contributed by atoms with Crippen LogP contribution in [-0.2, 0) is 20.0 Å². The molecule has 0 aromatic heterocycles. The van der Waals surface area contributed by atoms with E-state index in [1.165, 1.54) is 44.5 Å². The van der Waals surface area contributed by atoms with Gasteiger partial charge in [-0.3, -0.25) is 0 Å². The zero-order chi connectivity index (χ0) is 19.0. The van der Waals surface area contributed by atoms with Gasteiger partial charge in [-0.25, -0.2) is 21.6 Å². The number of nitrogens with zero attached hydrogens (tertiary/aromatic N) is 1. The first-order valence-electron chi connectivity index (χ1n) is 9.25. The number of hydrogen-bond acceptors (Lipinski definition) is 4. The zero-order valence-corrected chi connectivity index (χ0v) is 17.1. The molecule has 1 saturated carbocycles. The summed E-state index contributed by atoms with van der Waals surface area (Å²) in [6.45, 7) is 2.76. The maximum atomic E-state index is 13.2. The Morgan fingerprint density at radius 1 is 1.00 bits per heavy atom. The van der Waals surface area contributed by atoms with Crippen LogP contribution in [0.25, 0.3) is 0 Å². The van der Waals surface area contributed by atoms with Gasteiger partial charge in [0.25, 0.3) is 0 Å². The Bertz CT molecular complexity index is 867. The van der Waals surface area contributed by atoms with Crippen molar-refractivity contribution >= 4 is 20.0 Å². The molecule has 6 nitrogen and oxygen atoms in total. The standard InChI is InChI=1S/C18H28N2O4S2/c1-15-13-16(7-8-17(15)25(21,22)19-2)26(23,24)20-12-6-11-18(14-20)9-4-3-5-10-18/h7-8,13,19H,3-6,9-12,14H2,1-2H3. The number of sulfonamides is 2. The maximum Gasteiger partial charge on any atom is 0.243 e. The lowest BCUT2D eigenvalue weighted by Crippen LogP contribution is -2.46. The second kappa shape index (κ2) is 7.22. The Morgan fingerprint density at radius 2 is 1.65 bits per heavy atom. The largest absolute Gasteiger partial charge is 0.243 e. The Labute approximate surface area is 157 Å². The quantitative estimate of drug-likeness (QED) is 0.842. The van der Waals surface area contributed by atoms with Gasteiger partial charge in [-0.15, -0.1) is 0 Å². The lowest BCUT2D eigenvalue weighted by atomic mass is 9.70. The van der Waals surface area contributed by atoms with E-state index in [0.717, 1.165) is 25.7 Å². The monoisotopic (exact) mass is 400 g/mol. The highest BCUT2D eigenvalue weighted by atomic mass is 32.2. The first-order valence-corrected chi connectivity index (χ1v) is 12.2. The van der Waals surface area contributed by atoms with Gasteiger partial charge in [0.05, 0.1) is 9.79 Å². The minimum absolute atomic E-state index is 0.112. The van der Waals surface area contributed by atoms with Crippen molar-refractivity contribution in [1.82, 2.24) is 9.03 Å². The van der Waals surface area contributed by atoms with Crippen LogP contribution >= 0.6 is 0 Å². The molecule has 0 bridgehead atoms. The highest BCUT2D eigenvalue weighted by Gasteiger charge is 2.40. The molecule has 0 unspecified atom stereocenters. The summed E-state index contributed by atoms with van der Waals surface area (Å²) >= 11 is 0. The summed E-state index contributed by atoms with van der Waals surface area (Å²) in [4.78, 5) is 0.291. The molecule has 1 heterocycles. The summed E-state index contributed by atoms with van der Waals surface area (Å²) in [7, 11) is -5.86. The van der Waals surface area contributed by atoms with Gasteiger partial charge in [0.15, 0.2) is 0 Å². The minimum atomic E-state index is -3.61. The van der Waals surface area contributed by atoms with E-state index in [4.69, 9.17) is 0 Å². The molecule has 1 spiro atoms. The molecule has 0 radical (unpaired) electrons. The van der Waals surface area contributed by atoms with Gasteiger partial charge in [-0.05, 0) is 68.8 Å². The molecule has 1 aromatic rings. The third-order valence-corrected chi connectivity index (χ3v) is 9.30. The van der Waals surface area contributed by atoms with Crippen molar-refractivity contribution in [3.8, 4) is 0 Å². The van der Waals surface area contributed by atoms with Crippen LogP contribution in [0.4, 0.5) is 0 Å². The van der Waals surface area contributed by atoms with Gasteiger partial charge in [0, 0.05) is 13.1 Å². The topological polar surface area (TPSA) is 83.5 Å². The molecule has 1 N–H and O–H groups in total. The van der Waals surface area contributed by atoms with Crippen LogP contribution in [0, 0.1) is 12.3 Å². The molecule has 3 rings (SSSR count). The van der Waals surface area contributed by atoms with E-state index in [1.54, 1.807) is 11.2 Å². The summed E-state index contributed by atoms with van der Waals surface area (Å²) in [6, 6.07) is 4.27. The van der Waals surface area contributed by atoms with Gasteiger partial charge >= 0.3 is 0 Å². The second-order valence-electron chi connectivity index (χ2n) is 7.64. The van der Waals surface area contributed by atoms with Crippen LogP contribution in [0.2, 0.25) is 0 Å². The first-order chi connectivity index (χ1) is 12.2. The molecular weight excluding hydrogens is 372 g/mol. The second-order valence-corrected chi connectivity index (χ2v) is 11.4. The van der Waals surface area contributed by atoms with Crippen LogP contribution in [-0.4, -0.2) is 41.3 Å². The predicted octanol–water partition coefficient (Wildman–Crippen LogP) is 2.64. The molecule has 8 heteroatoms. The van der Waals surface area contributed by atoms with Gasteiger partial charge in [0.2, 0.25) is 20.0 Å².